The fourth-order valence-electron chi connectivity index (χ4n) is 3.66. The number of amides is 2. The van der Waals surface area contributed by atoms with Gasteiger partial charge in [0.15, 0.2) is 11.5 Å². The highest BCUT2D eigenvalue weighted by Crippen LogP contribution is 2.34. The number of piperidine rings is 1. The first-order chi connectivity index (χ1) is 15.0. The van der Waals surface area contributed by atoms with E-state index in [9.17, 15) is 9.59 Å². The van der Waals surface area contributed by atoms with E-state index < -0.39 is 0 Å². The highest BCUT2D eigenvalue weighted by Gasteiger charge is 2.25. The number of nitrogens with one attached hydrogen (secondary N) is 1. The van der Waals surface area contributed by atoms with E-state index in [1.165, 1.54) is 0 Å². The molecule has 2 amide bonds. The maximum atomic E-state index is 12.9. The van der Waals surface area contributed by atoms with Crippen LogP contribution in [-0.4, -0.2) is 49.1 Å². The van der Waals surface area contributed by atoms with Crippen LogP contribution < -0.4 is 14.8 Å². The summed E-state index contributed by atoms with van der Waals surface area (Å²) < 4.78 is 12.2. The molecule has 7 heteroatoms. The van der Waals surface area contributed by atoms with Crippen molar-refractivity contribution in [3.63, 3.8) is 0 Å². The molecule has 2 aromatic rings. The van der Waals surface area contributed by atoms with E-state index >= 15 is 0 Å². The lowest BCUT2D eigenvalue weighted by Crippen LogP contribution is -2.47. The summed E-state index contributed by atoms with van der Waals surface area (Å²) in [6.07, 6.45) is 1.78. The molecule has 1 heterocycles. The van der Waals surface area contributed by atoms with Crippen LogP contribution in [0.15, 0.2) is 46.9 Å². The number of ether oxygens (including phenoxy) is 2. The van der Waals surface area contributed by atoms with Gasteiger partial charge in [-0.1, -0.05) is 34.1 Å². The average Bonchev–Trinajstić information content (AvgIpc) is 2.78. The SMILES string of the molecule is CCOc1cc(Br)c(CC(=O)N2CCC(NC(=O)c3ccccc3)CC2)cc1OCC. The van der Waals surface area contributed by atoms with Crippen LogP contribution in [0.4, 0.5) is 0 Å². The van der Waals surface area contributed by atoms with Gasteiger partial charge in [0.2, 0.25) is 5.91 Å². The van der Waals surface area contributed by atoms with Crippen molar-refractivity contribution >= 4 is 27.7 Å². The Balaban J connectivity index is 1.56. The molecule has 2 aromatic carbocycles. The second-order valence-corrected chi connectivity index (χ2v) is 8.28. The molecule has 3 rings (SSSR count). The van der Waals surface area contributed by atoms with Gasteiger partial charge < -0.3 is 19.7 Å². The van der Waals surface area contributed by atoms with Gasteiger partial charge in [-0.3, -0.25) is 9.59 Å². The molecule has 0 spiro atoms. The summed E-state index contributed by atoms with van der Waals surface area (Å²) in [4.78, 5) is 27.1. The van der Waals surface area contributed by atoms with E-state index in [1.807, 2.05) is 49.1 Å². The predicted molar refractivity (Wildman–Crippen MR) is 124 cm³/mol. The largest absolute Gasteiger partial charge is 0.490 e. The number of nitrogens with zero attached hydrogens (tertiary/aromatic N) is 1. The van der Waals surface area contributed by atoms with Crippen molar-refractivity contribution < 1.29 is 19.1 Å². The molecule has 0 unspecified atom stereocenters. The lowest BCUT2D eigenvalue weighted by Gasteiger charge is -2.32. The molecule has 166 valence electrons. The second-order valence-electron chi connectivity index (χ2n) is 7.43. The first-order valence-electron chi connectivity index (χ1n) is 10.7. The normalized spacial score (nSPS) is 14.2. The standard InChI is InChI=1S/C24H29BrN2O4/c1-3-30-21-14-18(20(25)16-22(21)31-4-2)15-23(28)27-12-10-19(11-13-27)26-24(29)17-8-6-5-7-9-17/h5-9,14,16,19H,3-4,10-13,15H2,1-2H3,(H,26,29). The van der Waals surface area contributed by atoms with Crippen LogP contribution in [0.1, 0.15) is 42.6 Å². The number of benzene rings is 2. The quantitative estimate of drug-likeness (QED) is 0.604. The van der Waals surface area contributed by atoms with Crippen molar-refractivity contribution in [1.82, 2.24) is 10.2 Å². The first kappa shape index (κ1) is 23.1. The summed E-state index contributed by atoms with van der Waals surface area (Å²) in [5, 5.41) is 3.08. The minimum Gasteiger partial charge on any atom is -0.490 e. The monoisotopic (exact) mass is 488 g/mol. The Hall–Kier alpha value is -2.54. The molecule has 1 fully saturated rings. The summed E-state index contributed by atoms with van der Waals surface area (Å²) in [6.45, 7) is 6.17. The van der Waals surface area contributed by atoms with E-state index in [0.29, 0.717) is 43.4 Å². The summed E-state index contributed by atoms with van der Waals surface area (Å²) >= 11 is 3.56. The fraction of sp³-hybridized carbons (Fsp3) is 0.417. The van der Waals surface area contributed by atoms with Crippen LogP contribution in [0.25, 0.3) is 0 Å². The first-order valence-corrected chi connectivity index (χ1v) is 11.5. The van der Waals surface area contributed by atoms with E-state index in [-0.39, 0.29) is 24.3 Å². The van der Waals surface area contributed by atoms with Gasteiger partial charge >= 0.3 is 0 Å². The molecular formula is C24H29BrN2O4. The molecule has 0 bridgehead atoms. The van der Waals surface area contributed by atoms with Crippen molar-refractivity contribution in [3.05, 3.63) is 58.1 Å². The molecule has 0 atom stereocenters. The third-order valence-corrected chi connectivity index (χ3v) is 6.01. The molecule has 1 saturated heterocycles. The Bertz CT molecular complexity index is 896. The van der Waals surface area contributed by atoms with Crippen LogP contribution in [0.5, 0.6) is 11.5 Å². The number of carbonyl (C=O) groups is 2. The third-order valence-electron chi connectivity index (χ3n) is 5.27. The smallest absolute Gasteiger partial charge is 0.251 e. The zero-order chi connectivity index (χ0) is 22.2. The summed E-state index contributed by atoms with van der Waals surface area (Å²) in [5.74, 6) is 1.33. The van der Waals surface area contributed by atoms with Gasteiger partial charge in [0.25, 0.3) is 5.91 Å². The Morgan fingerprint density at radius 1 is 1.03 bits per heavy atom. The Labute approximate surface area is 192 Å². The maximum Gasteiger partial charge on any atom is 0.251 e. The van der Waals surface area contributed by atoms with Crippen molar-refractivity contribution in [2.75, 3.05) is 26.3 Å². The fourth-order valence-corrected chi connectivity index (χ4v) is 4.12. The Morgan fingerprint density at radius 3 is 2.26 bits per heavy atom. The van der Waals surface area contributed by atoms with Crippen molar-refractivity contribution in [2.45, 2.75) is 39.2 Å². The van der Waals surface area contributed by atoms with Gasteiger partial charge in [0.05, 0.1) is 19.6 Å². The van der Waals surface area contributed by atoms with Crippen LogP contribution >= 0.6 is 15.9 Å². The molecule has 6 nitrogen and oxygen atoms in total. The van der Waals surface area contributed by atoms with E-state index in [1.54, 1.807) is 12.1 Å². The van der Waals surface area contributed by atoms with Crippen molar-refractivity contribution in [1.29, 1.82) is 0 Å². The number of hydrogen-bond acceptors (Lipinski definition) is 4. The molecule has 1 aliphatic heterocycles. The van der Waals surface area contributed by atoms with Crippen LogP contribution in [0.3, 0.4) is 0 Å². The van der Waals surface area contributed by atoms with Crippen molar-refractivity contribution in [2.24, 2.45) is 0 Å². The van der Waals surface area contributed by atoms with Crippen LogP contribution in [0.2, 0.25) is 0 Å². The molecule has 1 N–H and O–H groups in total. The number of rotatable bonds is 8. The highest BCUT2D eigenvalue weighted by molar-refractivity contribution is 9.10. The molecule has 0 saturated carbocycles. The highest BCUT2D eigenvalue weighted by atomic mass is 79.9. The maximum absolute atomic E-state index is 12.9. The number of likely N-dealkylation sites (tertiary alicyclic amines) is 1. The minimum atomic E-state index is -0.0628. The van der Waals surface area contributed by atoms with Crippen molar-refractivity contribution in [3.8, 4) is 11.5 Å². The van der Waals surface area contributed by atoms with Gasteiger partial charge in [-0.05, 0) is 56.5 Å². The topological polar surface area (TPSA) is 67.9 Å². The molecule has 0 radical (unpaired) electrons. The van der Waals surface area contributed by atoms with Gasteiger partial charge in [-0.25, -0.2) is 0 Å². The van der Waals surface area contributed by atoms with Crippen LogP contribution in [-0.2, 0) is 11.2 Å². The number of hydrogen-bond donors (Lipinski definition) is 1. The zero-order valence-electron chi connectivity index (χ0n) is 18.0. The lowest BCUT2D eigenvalue weighted by atomic mass is 10.0. The van der Waals surface area contributed by atoms with E-state index in [2.05, 4.69) is 21.2 Å². The molecule has 31 heavy (non-hydrogen) atoms. The summed E-state index contributed by atoms with van der Waals surface area (Å²) in [6, 6.07) is 13.0. The summed E-state index contributed by atoms with van der Waals surface area (Å²) in [5.41, 5.74) is 1.53. The third kappa shape index (κ3) is 6.23. The Morgan fingerprint density at radius 2 is 1.65 bits per heavy atom. The molecular weight excluding hydrogens is 460 g/mol. The molecule has 0 aromatic heterocycles. The molecule has 1 aliphatic rings. The van der Waals surface area contributed by atoms with Crippen LogP contribution in [0, 0.1) is 0 Å². The number of halogens is 1. The minimum absolute atomic E-state index is 0.0628. The van der Waals surface area contributed by atoms with Gasteiger partial charge in [-0.15, -0.1) is 0 Å². The lowest BCUT2D eigenvalue weighted by molar-refractivity contribution is -0.131. The predicted octanol–water partition coefficient (Wildman–Crippen LogP) is 4.21. The Kier molecular flexibility index (Phi) is 8.35. The van der Waals surface area contributed by atoms with E-state index in [0.717, 1.165) is 22.9 Å². The second kappa shape index (κ2) is 11.2. The number of carbonyl (C=O) groups excluding carboxylic acids is 2. The zero-order valence-corrected chi connectivity index (χ0v) is 19.6. The molecule has 0 aliphatic carbocycles. The van der Waals surface area contributed by atoms with E-state index in [4.69, 9.17) is 9.47 Å². The van der Waals surface area contributed by atoms with Gasteiger partial charge in [0, 0.05) is 29.2 Å². The van der Waals surface area contributed by atoms with Gasteiger partial charge in [-0.2, -0.15) is 0 Å². The summed E-state index contributed by atoms with van der Waals surface area (Å²) in [7, 11) is 0. The van der Waals surface area contributed by atoms with Gasteiger partial charge in [0.1, 0.15) is 0 Å². The average molecular weight is 489 g/mol.